The van der Waals surface area contributed by atoms with Gasteiger partial charge in [0.15, 0.2) is 0 Å². The highest BCUT2D eigenvalue weighted by molar-refractivity contribution is 4.62. The van der Waals surface area contributed by atoms with E-state index in [1.807, 2.05) is 0 Å². The van der Waals surface area contributed by atoms with E-state index < -0.39 is 0 Å². The Labute approximate surface area is 122 Å². The summed E-state index contributed by atoms with van der Waals surface area (Å²) in [5, 5.41) is 9.95. The van der Waals surface area contributed by atoms with E-state index in [4.69, 9.17) is 0 Å². The second-order valence-electron chi connectivity index (χ2n) is 6.40. The van der Waals surface area contributed by atoms with Gasteiger partial charge in [-0.1, -0.05) is 91.4 Å². The summed E-state index contributed by atoms with van der Waals surface area (Å²) in [7, 11) is 0. The minimum Gasteiger partial charge on any atom is -0.393 e. The molecule has 0 aromatic rings. The van der Waals surface area contributed by atoms with Gasteiger partial charge in [0.25, 0.3) is 0 Å². The van der Waals surface area contributed by atoms with Gasteiger partial charge in [-0.25, -0.2) is 0 Å². The summed E-state index contributed by atoms with van der Waals surface area (Å²) in [5.41, 5.74) is 0. The van der Waals surface area contributed by atoms with Crippen molar-refractivity contribution in [1.29, 1.82) is 0 Å². The summed E-state index contributed by atoms with van der Waals surface area (Å²) < 4.78 is 0. The molecule has 1 heteroatoms. The van der Waals surface area contributed by atoms with Crippen LogP contribution in [0.25, 0.3) is 0 Å². The van der Waals surface area contributed by atoms with Crippen molar-refractivity contribution in [3.05, 3.63) is 0 Å². The lowest BCUT2D eigenvalue weighted by Gasteiger charge is -2.15. The Hall–Kier alpha value is -0.0400. The number of hydrogen-bond acceptors (Lipinski definition) is 1. The van der Waals surface area contributed by atoms with Crippen molar-refractivity contribution in [2.75, 3.05) is 0 Å². The number of hydrogen-bond donors (Lipinski definition) is 1. The average molecular weight is 271 g/mol. The maximum Gasteiger partial charge on any atom is 0.0542 e. The molecule has 0 aliphatic rings. The highest BCUT2D eigenvalue weighted by atomic mass is 16.3. The van der Waals surface area contributed by atoms with Crippen molar-refractivity contribution in [2.24, 2.45) is 5.92 Å². The summed E-state index contributed by atoms with van der Waals surface area (Å²) in [6.45, 7) is 6.76. The molecule has 1 N–H and O–H groups in total. The molecule has 19 heavy (non-hydrogen) atoms. The molecule has 0 radical (unpaired) electrons. The van der Waals surface area contributed by atoms with Crippen molar-refractivity contribution >= 4 is 0 Å². The van der Waals surface area contributed by atoms with E-state index in [9.17, 15) is 5.11 Å². The first-order valence-electron chi connectivity index (χ1n) is 8.88. The summed E-state index contributed by atoms with van der Waals surface area (Å²) in [4.78, 5) is 0. The highest BCUT2D eigenvalue weighted by Gasteiger charge is 2.09. The van der Waals surface area contributed by atoms with Gasteiger partial charge in [0.2, 0.25) is 0 Å². The zero-order chi connectivity index (χ0) is 14.3. The number of aliphatic hydroxyl groups is 1. The second-order valence-corrected chi connectivity index (χ2v) is 6.40. The quantitative estimate of drug-likeness (QED) is 0.378. The summed E-state index contributed by atoms with van der Waals surface area (Å²) in [6, 6.07) is 0. The van der Waals surface area contributed by atoms with E-state index >= 15 is 0 Å². The lowest BCUT2D eigenvalue weighted by Crippen LogP contribution is -2.11. The summed E-state index contributed by atoms with van der Waals surface area (Å²) >= 11 is 0. The monoisotopic (exact) mass is 270 g/mol. The molecule has 2 unspecified atom stereocenters. The molecule has 1 nitrogen and oxygen atoms in total. The Kier molecular flexibility index (Phi) is 14.3. The molecular weight excluding hydrogens is 232 g/mol. The lowest BCUT2D eigenvalue weighted by atomic mass is 9.95. The van der Waals surface area contributed by atoms with Gasteiger partial charge in [0, 0.05) is 0 Å². The zero-order valence-electron chi connectivity index (χ0n) is 13.8. The van der Waals surface area contributed by atoms with Crippen molar-refractivity contribution in [3.63, 3.8) is 0 Å². The highest BCUT2D eigenvalue weighted by Crippen LogP contribution is 2.17. The van der Waals surface area contributed by atoms with Crippen LogP contribution in [0.15, 0.2) is 0 Å². The van der Waals surface area contributed by atoms with Crippen LogP contribution in [-0.4, -0.2) is 11.2 Å². The molecule has 0 spiro atoms. The van der Waals surface area contributed by atoms with Gasteiger partial charge in [-0.05, 0) is 18.8 Å². The second kappa shape index (κ2) is 14.4. The van der Waals surface area contributed by atoms with Gasteiger partial charge in [0.05, 0.1) is 6.10 Å². The Morgan fingerprint density at radius 1 is 0.684 bits per heavy atom. The molecule has 0 aliphatic heterocycles. The van der Waals surface area contributed by atoms with Gasteiger partial charge in [-0.15, -0.1) is 0 Å². The first kappa shape index (κ1) is 19.0. The Morgan fingerprint density at radius 2 is 1.21 bits per heavy atom. The molecule has 0 rings (SSSR count). The van der Waals surface area contributed by atoms with Crippen LogP contribution in [0.5, 0.6) is 0 Å². The fraction of sp³-hybridized carbons (Fsp3) is 1.00. The van der Waals surface area contributed by atoms with Crippen LogP contribution in [0.3, 0.4) is 0 Å². The molecule has 2 atom stereocenters. The Balaban J connectivity index is 3.20. The topological polar surface area (TPSA) is 20.2 Å². The molecule has 0 heterocycles. The van der Waals surface area contributed by atoms with E-state index in [0.29, 0.717) is 5.92 Å². The molecule has 0 aromatic heterocycles. The minimum absolute atomic E-state index is 0.0499. The van der Waals surface area contributed by atoms with E-state index in [1.54, 1.807) is 0 Å². The van der Waals surface area contributed by atoms with Crippen LogP contribution in [0.1, 0.15) is 104 Å². The predicted molar refractivity (Wildman–Crippen MR) is 86.5 cm³/mol. The van der Waals surface area contributed by atoms with Gasteiger partial charge in [-0.2, -0.15) is 0 Å². The molecular formula is C18H38O. The molecule has 0 amide bonds. The molecule has 0 saturated heterocycles. The zero-order valence-corrected chi connectivity index (χ0v) is 13.8. The normalized spacial score (nSPS) is 14.5. The fourth-order valence-electron chi connectivity index (χ4n) is 2.88. The SMILES string of the molecule is CCCCCCCCCCCC(O)CC(C)CCC. The van der Waals surface area contributed by atoms with Gasteiger partial charge in [-0.3, -0.25) is 0 Å². The molecule has 0 aliphatic carbocycles. The van der Waals surface area contributed by atoms with Gasteiger partial charge < -0.3 is 5.11 Å². The maximum atomic E-state index is 9.95. The fourth-order valence-corrected chi connectivity index (χ4v) is 2.88. The molecule has 0 aromatic carbocycles. The van der Waals surface area contributed by atoms with E-state index in [2.05, 4.69) is 20.8 Å². The molecule has 0 bridgehead atoms. The van der Waals surface area contributed by atoms with Gasteiger partial charge >= 0.3 is 0 Å². The van der Waals surface area contributed by atoms with Crippen LogP contribution >= 0.6 is 0 Å². The molecule has 116 valence electrons. The lowest BCUT2D eigenvalue weighted by molar-refractivity contribution is 0.131. The Morgan fingerprint density at radius 3 is 1.74 bits per heavy atom. The number of aliphatic hydroxyl groups excluding tert-OH is 1. The van der Waals surface area contributed by atoms with E-state index in [-0.39, 0.29) is 6.10 Å². The van der Waals surface area contributed by atoms with Crippen LogP contribution in [0.4, 0.5) is 0 Å². The van der Waals surface area contributed by atoms with Crippen LogP contribution in [-0.2, 0) is 0 Å². The Bertz CT molecular complexity index is 167. The van der Waals surface area contributed by atoms with Crippen molar-refractivity contribution in [1.82, 2.24) is 0 Å². The smallest absolute Gasteiger partial charge is 0.0542 e. The van der Waals surface area contributed by atoms with Crippen molar-refractivity contribution < 1.29 is 5.11 Å². The maximum absolute atomic E-state index is 9.95. The van der Waals surface area contributed by atoms with Crippen molar-refractivity contribution in [2.45, 2.75) is 110 Å². The first-order valence-corrected chi connectivity index (χ1v) is 8.88. The average Bonchev–Trinajstić information content (AvgIpc) is 2.37. The third kappa shape index (κ3) is 14.2. The minimum atomic E-state index is -0.0499. The summed E-state index contributed by atoms with van der Waals surface area (Å²) in [6.07, 6.45) is 16.8. The van der Waals surface area contributed by atoms with E-state index in [0.717, 1.165) is 12.8 Å². The molecule has 0 fully saturated rings. The van der Waals surface area contributed by atoms with E-state index in [1.165, 1.54) is 70.6 Å². The number of unbranched alkanes of at least 4 members (excludes halogenated alkanes) is 8. The third-order valence-corrected chi connectivity index (χ3v) is 4.10. The summed E-state index contributed by atoms with van der Waals surface area (Å²) in [5.74, 6) is 0.693. The molecule has 0 saturated carbocycles. The van der Waals surface area contributed by atoms with Crippen LogP contribution in [0.2, 0.25) is 0 Å². The van der Waals surface area contributed by atoms with Gasteiger partial charge in [0.1, 0.15) is 0 Å². The first-order chi connectivity index (χ1) is 9.20. The predicted octanol–water partition coefficient (Wildman–Crippen LogP) is 6.09. The number of rotatable bonds is 14. The van der Waals surface area contributed by atoms with Crippen LogP contribution < -0.4 is 0 Å². The standard InChI is InChI=1S/C18H38O/c1-4-6-7-8-9-10-11-12-13-15-18(19)16-17(3)14-5-2/h17-19H,4-16H2,1-3H3. The largest absolute Gasteiger partial charge is 0.393 e. The third-order valence-electron chi connectivity index (χ3n) is 4.10. The van der Waals surface area contributed by atoms with Crippen molar-refractivity contribution in [3.8, 4) is 0 Å². The van der Waals surface area contributed by atoms with Crippen LogP contribution in [0, 0.1) is 5.92 Å².